The van der Waals surface area contributed by atoms with E-state index in [2.05, 4.69) is 0 Å². The van der Waals surface area contributed by atoms with Crippen molar-refractivity contribution in [3.63, 3.8) is 0 Å². The Morgan fingerprint density at radius 1 is 1.38 bits per heavy atom. The van der Waals surface area contributed by atoms with E-state index in [1.807, 2.05) is 35.7 Å². The molecule has 0 saturated carbocycles. The lowest BCUT2D eigenvalue weighted by Gasteiger charge is -2.06. The Hall–Kier alpha value is -1.46. The molecule has 0 spiro atoms. The Bertz CT molecular complexity index is 557. The second-order valence-electron chi connectivity index (χ2n) is 3.13. The van der Waals surface area contributed by atoms with Crippen molar-refractivity contribution in [2.24, 2.45) is 0 Å². The Labute approximate surface area is 102 Å². The zero-order valence-electron chi connectivity index (χ0n) is 8.54. The van der Waals surface area contributed by atoms with E-state index in [0.717, 1.165) is 11.3 Å². The standard InChI is InChI=1S/C11H9NO2S2/c1-8(13)14-12-10(7-16-11(12)15)9-5-3-2-4-6-9/h2-7H,1H3. The molecule has 0 bridgehead atoms. The second kappa shape index (κ2) is 4.59. The number of benzene rings is 1. The summed E-state index contributed by atoms with van der Waals surface area (Å²) < 4.78 is 1.91. The number of carbonyl (C=O) groups is 1. The number of hydrogen-bond acceptors (Lipinski definition) is 4. The molecule has 0 aliphatic heterocycles. The highest BCUT2D eigenvalue weighted by Crippen LogP contribution is 2.22. The van der Waals surface area contributed by atoms with Gasteiger partial charge in [0, 0.05) is 17.9 Å². The molecular weight excluding hydrogens is 242 g/mol. The monoisotopic (exact) mass is 251 g/mol. The highest BCUT2D eigenvalue weighted by Gasteiger charge is 2.09. The van der Waals surface area contributed by atoms with Gasteiger partial charge in [0.05, 0.1) is 0 Å². The van der Waals surface area contributed by atoms with Crippen molar-refractivity contribution < 1.29 is 9.63 Å². The summed E-state index contributed by atoms with van der Waals surface area (Å²) in [5.74, 6) is -0.383. The topological polar surface area (TPSA) is 31.2 Å². The minimum absolute atomic E-state index is 0.383. The Balaban J connectivity index is 2.50. The average Bonchev–Trinajstić information content (AvgIpc) is 2.61. The zero-order chi connectivity index (χ0) is 11.5. The van der Waals surface area contributed by atoms with Gasteiger partial charge in [-0.2, -0.15) is 4.73 Å². The van der Waals surface area contributed by atoms with Gasteiger partial charge in [-0.15, -0.1) is 11.3 Å². The van der Waals surface area contributed by atoms with E-state index in [-0.39, 0.29) is 5.97 Å². The van der Waals surface area contributed by atoms with E-state index in [4.69, 9.17) is 17.1 Å². The average molecular weight is 251 g/mol. The van der Waals surface area contributed by atoms with Crippen molar-refractivity contribution in [1.29, 1.82) is 0 Å². The normalized spacial score (nSPS) is 10.1. The maximum Gasteiger partial charge on any atom is 0.329 e. The molecular formula is C11H9NO2S2. The summed E-state index contributed by atoms with van der Waals surface area (Å²) in [5, 5.41) is 1.88. The third kappa shape index (κ3) is 2.20. The highest BCUT2D eigenvalue weighted by molar-refractivity contribution is 7.73. The van der Waals surface area contributed by atoms with Crippen molar-refractivity contribution >= 4 is 29.5 Å². The van der Waals surface area contributed by atoms with Crippen molar-refractivity contribution in [2.75, 3.05) is 0 Å². The van der Waals surface area contributed by atoms with Gasteiger partial charge in [0.2, 0.25) is 0 Å². The van der Waals surface area contributed by atoms with E-state index < -0.39 is 0 Å². The van der Waals surface area contributed by atoms with Crippen LogP contribution in [0.1, 0.15) is 6.92 Å². The lowest BCUT2D eigenvalue weighted by molar-refractivity contribution is -0.141. The fourth-order valence-corrected chi connectivity index (χ4v) is 2.27. The van der Waals surface area contributed by atoms with Crippen LogP contribution in [-0.4, -0.2) is 10.7 Å². The first kappa shape index (κ1) is 11.0. The van der Waals surface area contributed by atoms with E-state index in [1.54, 1.807) is 0 Å². The predicted octanol–water partition coefficient (Wildman–Crippen LogP) is 2.92. The van der Waals surface area contributed by atoms with Crippen molar-refractivity contribution in [1.82, 2.24) is 4.73 Å². The minimum Gasteiger partial charge on any atom is -0.335 e. The van der Waals surface area contributed by atoms with E-state index in [9.17, 15) is 4.79 Å². The Morgan fingerprint density at radius 3 is 2.69 bits per heavy atom. The van der Waals surface area contributed by atoms with Crippen molar-refractivity contribution in [3.05, 3.63) is 39.7 Å². The summed E-state index contributed by atoms with van der Waals surface area (Å²) in [6, 6.07) is 9.66. The third-order valence-electron chi connectivity index (χ3n) is 1.95. The van der Waals surface area contributed by atoms with Crippen LogP contribution in [0.25, 0.3) is 11.3 Å². The zero-order valence-corrected chi connectivity index (χ0v) is 10.2. The molecule has 2 aromatic rings. The first-order chi connectivity index (χ1) is 7.68. The summed E-state index contributed by atoms with van der Waals surface area (Å²) >= 11 is 6.46. The van der Waals surface area contributed by atoms with Crippen LogP contribution in [0.5, 0.6) is 0 Å². The Morgan fingerprint density at radius 2 is 2.06 bits per heavy atom. The summed E-state index contributed by atoms with van der Waals surface area (Å²) in [6.07, 6.45) is 0. The number of hydrogen-bond donors (Lipinski definition) is 0. The molecule has 0 aliphatic carbocycles. The van der Waals surface area contributed by atoms with E-state index in [0.29, 0.717) is 3.95 Å². The molecule has 0 aliphatic rings. The summed E-state index contributed by atoms with van der Waals surface area (Å²) in [6.45, 7) is 1.36. The van der Waals surface area contributed by atoms with Gasteiger partial charge in [-0.3, -0.25) is 0 Å². The van der Waals surface area contributed by atoms with Gasteiger partial charge in [-0.05, 0) is 12.2 Å². The van der Waals surface area contributed by atoms with Gasteiger partial charge >= 0.3 is 5.97 Å². The largest absolute Gasteiger partial charge is 0.335 e. The van der Waals surface area contributed by atoms with Crippen LogP contribution < -0.4 is 4.84 Å². The minimum atomic E-state index is -0.383. The number of carbonyl (C=O) groups excluding carboxylic acids is 1. The summed E-state index contributed by atoms with van der Waals surface area (Å²) in [4.78, 5) is 16.0. The maximum atomic E-state index is 11.0. The molecule has 16 heavy (non-hydrogen) atoms. The predicted molar refractivity (Wildman–Crippen MR) is 65.8 cm³/mol. The lowest BCUT2D eigenvalue weighted by atomic mass is 10.2. The molecule has 0 fully saturated rings. The molecule has 1 aromatic heterocycles. The van der Waals surface area contributed by atoms with E-state index >= 15 is 0 Å². The number of thiazole rings is 1. The van der Waals surface area contributed by atoms with Crippen molar-refractivity contribution in [2.45, 2.75) is 6.92 Å². The molecule has 0 saturated heterocycles. The van der Waals surface area contributed by atoms with Crippen LogP contribution in [-0.2, 0) is 4.79 Å². The smallest absolute Gasteiger partial charge is 0.329 e. The number of aromatic nitrogens is 1. The molecule has 5 heteroatoms. The first-order valence-electron chi connectivity index (χ1n) is 4.63. The summed E-state index contributed by atoms with van der Waals surface area (Å²) in [5.41, 5.74) is 1.77. The molecule has 2 rings (SSSR count). The van der Waals surface area contributed by atoms with Crippen LogP contribution in [0.4, 0.5) is 0 Å². The van der Waals surface area contributed by atoms with Gasteiger partial charge in [-0.25, -0.2) is 4.79 Å². The molecule has 0 radical (unpaired) electrons. The highest BCUT2D eigenvalue weighted by atomic mass is 32.1. The molecule has 0 unspecified atom stereocenters. The maximum absolute atomic E-state index is 11.0. The van der Waals surface area contributed by atoms with Gasteiger partial charge < -0.3 is 4.84 Å². The van der Waals surface area contributed by atoms with E-state index in [1.165, 1.54) is 23.0 Å². The van der Waals surface area contributed by atoms with Crippen LogP contribution in [0.3, 0.4) is 0 Å². The molecule has 0 N–H and O–H groups in total. The molecule has 0 atom stereocenters. The molecule has 0 amide bonds. The summed E-state index contributed by atoms with van der Waals surface area (Å²) in [7, 11) is 0. The molecule has 1 aromatic carbocycles. The van der Waals surface area contributed by atoms with Crippen LogP contribution in [0, 0.1) is 3.95 Å². The fourth-order valence-electron chi connectivity index (χ4n) is 1.31. The van der Waals surface area contributed by atoms with Gasteiger partial charge in [0.15, 0.2) is 3.95 Å². The van der Waals surface area contributed by atoms with Gasteiger partial charge in [0.25, 0.3) is 0 Å². The Kier molecular flexibility index (Phi) is 3.17. The van der Waals surface area contributed by atoms with Crippen LogP contribution in [0.15, 0.2) is 35.7 Å². The molecule has 82 valence electrons. The lowest BCUT2D eigenvalue weighted by Crippen LogP contribution is -2.17. The van der Waals surface area contributed by atoms with Crippen LogP contribution >= 0.6 is 23.6 Å². The SMILES string of the molecule is CC(=O)On1c(-c2ccccc2)csc1=S. The molecule has 3 nitrogen and oxygen atoms in total. The van der Waals surface area contributed by atoms with Gasteiger partial charge in [-0.1, -0.05) is 30.3 Å². The third-order valence-corrected chi connectivity index (χ3v) is 3.11. The molecule has 1 heterocycles. The fraction of sp³-hybridized carbons (Fsp3) is 0.0909. The number of rotatable bonds is 2. The first-order valence-corrected chi connectivity index (χ1v) is 5.92. The quantitative estimate of drug-likeness (QED) is 0.769. The van der Waals surface area contributed by atoms with Gasteiger partial charge in [0.1, 0.15) is 5.69 Å². The second-order valence-corrected chi connectivity index (χ2v) is 4.63. The number of nitrogens with zero attached hydrogens (tertiary/aromatic N) is 1. The van der Waals surface area contributed by atoms with Crippen LogP contribution in [0.2, 0.25) is 0 Å². The van der Waals surface area contributed by atoms with Crippen molar-refractivity contribution in [3.8, 4) is 11.3 Å².